The third-order valence-electron chi connectivity index (χ3n) is 5.03. The minimum absolute atomic E-state index is 0.0420. The SMILES string of the molecule is Cc1cc(C(C)(C)C)cc(C(C)P/C=C(/C=C\C=C/I)CN(Cl)c2ccccc2)c1O. The molecule has 0 aliphatic rings. The van der Waals surface area contributed by atoms with Crippen molar-refractivity contribution in [1.29, 1.82) is 0 Å². The van der Waals surface area contributed by atoms with E-state index >= 15 is 0 Å². The molecule has 166 valence electrons. The second-order valence-corrected chi connectivity index (χ2v) is 11.2. The van der Waals surface area contributed by atoms with E-state index in [1.54, 1.807) is 4.42 Å². The lowest BCUT2D eigenvalue weighted by Crippen LogP contribution is -2.13. The highest BCUT2D eigenvalue weighted by Crippen LogP contribution is 2.43. The van der Waals surface area contributed by atoms with E-state index in [9.17, 15) is 5.11 Å². The van der Waals surface area contributed by atoms with Gasteiger partial charge in [0.05, 0.1) is 12.2 Å². The van der Waals surface area contributed by atoms with Gasteiger partial charge >= 0.3 is 0 Å². The number of allylic oxidation sites excluding steroid dienone is 2. The van der Waals surface area contributed by atoms with Gasteiger partial charge in [0.15, 0.2) is 0 Å². The summed E-state index contributed by atoms with van der Waals surface area (Å²) in [5, 5.41) is 10.7. The highest BCUT2D eigenvalue weighted by Gasteiger charge is 2.20. The second kappa shape index (κ2) is 12.1. The summed E-state index contributed by atoms with van der Waals surface area (Å²) in [6.45, 7) is 11.4. The molecule has 0 aromatic heterocycles. The molecule has 0 bridgehead atoms. The number of nitrogens with zero attached hydrogens (tertiary/aromatic N) is 1. The summed E-state index contributed by atoms with van der Waals surface area (Å²) in [5.74, 6) is 2.66. The number of phenols is 1. The molecular formula is C26H32ClINOP. The third-order valence-corrected chi connectivity index (χ3v) is 7.11. The lowest BCUT2D eigenvalue weighted by Gasteiger charge is -2.23. The molecule has 0 saturated carbocycles. The number of hydrogen-bond donors (Lipinski definition) is 1. The van der Waals surface area contributed by atoms with Crippen LogP contribution in [0.25, 0.3) is 0 Å². The van der Waals surface area contributed by atoms with Crippen LogP contribution >= 0.6 is 42.9 Å². The molecule has 1 N–H and O–H groups in total. The van der Waals surface area contributed by atoms with E-state index in [1.165, 1.54) is 5.56 Å². The zero-order chi connectivity index (χ0) is 23.0. The minimum atomic E-state index is 0.0420. The highest BCUT2D eigenvalue weighted by atomic mass is 127. The Labute approximate surface area is 208 Å². The third kappa shape index (κ3) is 7.97. The van der Waals surface area contributed by atoms with Crippen LogP contribution in [-0.2, 0) is 5.41 Å². The van der Waals surface area contributed by atoms with Gasteiger partial charge in [-0.25, -0.2) is 0 Å². The van der Waals surface area contributed by atoms with E-state index in [0.29, 0.717) is 20.9 Å². The van der Waals surface area contributed by atoms with Crippen molar-refractivity contribution in [1.82, 2.24) is 0 Å². The molecule has 2 aromatic carbocycles. The van der Waals surface area contributed by atoms with Gasteiger partial charge < -0.3 is 5.11 Å². The standard InChI is InChI=1S/C26H32ClINOP/c1-19-15-22(26(3,4)5)16-24(25(19)30)20(2)31-18-21(11-9-10-14-28)17-29(27)23-12-7-6-8-13-23/h6-16,18,20,30-31H,17H2,1-5H3/b11-9-,14-10-,21-18-. The number of hydrogen-bond acceptors (Lipinski definition) is 2. The first kappa shape index (κ1) is 26.0. The predicted molar refractivity (Wildman–Crippen MR) is 148 cm³/mol. The Kier molecular flexibility index (Phi) is 10.1. The largest absolute Gasteiger partial charge is 0.507 e. The van der Waals surface area contributed by atoms with Crippen molar-refractivity contribution in [2.24, 2.45) is 0 Å². The molecule has 2 nitrogen and oxygen atoms in total. The first-order valence-corrected chi connectivity index (χ1v) is 13.1. The molecule has 0 fully saturated rings. The number of para-hydroxylation sites is 1. The van der Waals surface area contributed by atoms with Crippen LogP contribution in [0.15, 0.2) is 76.2 Å². The molecule has 2 unspecified atom stereocenters. The molecule has 0 heterocycles. The maximum absolute atomic E-state index is 10.7. The number of aryl methyl sites for hydroxylation is 1. The van der Waals surface area contributed by atoms with Crippen molar-refractivity contribution in [2.75, 3.05) is 11.0 Å². The Hall–Kier alpha value is -1.29. The predicted octanol–water partition coefficient (Wildman–Crippen LogP) is 8.79. The van der Waals surface area contributed by atoms with Crippen LogP contribution in [-0.4, -0.2) is 11.7 Å². The fraction of sp³-hybridized carbons (Fsp3) is 0.308. The average molecular weight is 568 g/mol. The lowest BCUT2D eigenvalue weighted by molar-refractivity contribution is 0.462. The van der Waals surface area contributed by atoms with Crippen LogP contribution < -0.4 is 4.42 Å². The Morgan fingerprint density at radius 1 is 1.19 bits per heavy atom. The Morgan fingerprint density at radius 2 is 1.87 bits per heavy atom. The summed E-state index contributed by atoms with van der Waals surface area (Å²) in [7, 11) is 0.521. The molecule has 5 heteroatoms. The van der Waals surface area contributed by atoms with Gasteiger partial charge in [0.1, 0.15) is 5.75 Å². The number of halogens is 2. The van der Waals surface area contributed by atoms with Gasteiger partial charge in [-0.05, 0) is 45.3 Å². The highest BCUT2D eigenvalue weighted by molar-refractivity contribution is 14.1. The van der Waals surface area contributed by atoms with Gasteiger partial charge in [-0.1, -0.05) is 113 Å². The molecule has 0 aliphatic heterocycles. The van der Waals surface area contributed by atoms with Crippen molar-refractivity contribution in [3.05, 3.63) is 92.9 Å². The first-order chi connectivity index (χ1) is 14.6. The minimum Gasteiger partial charge on any atom is -0.507 e. The van der Waals surface area contributed by atoms with Crippen molar-refractivity contribution >= 4 is 48.6 Å². The number of anilines is 1. The van der Waals surface area contributed by atoms with Gasteiger partial charge in [0, 0.05) is 23.0 Å². The zero-order valence-electron chi connectivity index (χ0n) is 18.9. The van der Waals surface area contributed by atoms with Crippen molar-refractivity contribution < 1.29 is 5.11 Å². The van der Waals surface area contributed by atoms with Gasteiger partial charge in [0.2, 0.25) is 0 Å². The van der Waals surface area contributed by atoms with Crippen LogP contribution in [0.5, 0.6) is 5.75 Å². The molecule has 0 aliphatic carbocycles. The summed E-state index contributed by atoms with van der Waals surface area (Å²) in [6, 6.07) is 14.2. The van der Waals surface area contributed by atoms with E-state index < -0.39 is 0 Å². The number of aromatic hydroxyl groups is 1. The molecule has 0 amide bonds. The normalized spacial score (nSPS) is 14.2. The topological polar surface area (TPSA) is 23.5 Å². The van der Waals surface area contributed by atoms with E-state index in [-0.39, 0.29) is 11.1 Å². The summed E-state index contributed by atoms with van der Waals surface area (Å²) < 4.78 is 3.71. The van der Waals surface area contributed by atoms with Crippen molar-refractivity contribution in [3.8, 4) is 5.75 Å². The monoisotopic (exact) mass is 567 g/mol. The van der Waals surface area contributed by atoms with Gasteiger partial charge in [-0.15, -0.1) is 0 Å². The second-order valence-electron chi connectivity index (χ2n) is 8.62. The zero-order valence-corrected chi connectivity index (χ0v) is 22.8. The Bertz CT molecular complexity index is 948. The quantitative estimate of drug-likeness (QED) is 0.149. The van der Waals surface area contributed by atoms with Crippen LogP contribution in [0, 0.1) is 6.92 Å². The van der Waals surface area contributed by atoms with Gasteiger partial charge in [-0.2, -0.15) is 0 Å². The van der Waals surface area contributed by atoms with Crippen molar-refractivity contribution in [3.63, 3.8) is 0 Å². The maximum Gasteiger partial charge on any atom is 0.122 e. The molecule has 2 atom stereocenters. The fourth-order valence-corrected chi connectivity index (χ4v) is 4.64. The Balaban J connectivity index is 2.27. The number of rotatable bonds is 8. The smallest absolute Gasteiger partial charge is 0.122 e. The number of benzene rings is 2. The number of phenolic OH excluding ortho intramolecular Hbond substituents is 1. The molecule has 31 heavy (non-hydrogen) atoms. The Morgan fingerprint density at radius 3 is 2.48 bits per heavy atom. The molecular weight excluding hydrogens is 536 g/mol. The summed E-state index contributed by atoms with van der Waals surface area (Å²) in [5.41, 5.74) is 5.57. The average Bonchev–Trinajstić information content (AvgIpc) is 2.73. The van der Waals surface area contributed by atoms with Gasteiger partial charge in [-0.3, -0.25) is 4.42 Å². The summed E-state index contributed by atoms with van der Waals surface area (Å²) in [6.07, 6.45) is 6.14. The molecule has 0 radical (unpaired) electrons. The summed E-state index contributed by atoms with van der Waals surface area (Å²) >= 11 is 8.78. The van der Waals surface area contributed by atoms with E-state index in [1.807, 2.05) is 53.5 Å². The first-order valence-electron chi connectivity index (χ1n) is 10.3. The van der Waals surface area contributed by atoms with Crippen LogP contribution in [0.2, 0.25) is 0 Å². The van der Waals surface area contributed by atoms with Crippen LogP contribution in [0.3, 0.4) is 0 Å². The molecule has 2 rings (SSSR count). The van der Waals surface area contributed by atoms with E-state index in [0.717, 1.165) is 22.4 Å². The van der Waals surface area contributed by atoms with Crippen LogP contribution in [0.4, 0.5) is 5.69 Å². The lowest BCUT2D eigenvalue weighted by atomic mass is 9.84. The molecule has 0 saturated heterocycles. The maximum atomic E-state index is 10.7. The van der Waals surface area contributed by atoms with Crippen molar-refractivity contribution in [2.45, 2.75) is 45.7 Å². The fourth-order valence-electron chi connectivity index (χ4n) is 3.10. The molecule has 0 spiro atoms. The van der Waals surface area contributed by atoms with E-state index in [4.69, 9.17) is 11.8 Å². The summed E-state index contributed by atoms with van der Waals surface area (Å²) in [4.78, 5) is 0. The molecule has 2 aromatic rings. The van der Waals surface area contributed by atoms with Gasteiger partial charge in [0.25, 0.3) is 0 Å². The van der Waals surface area contributed by atoms with E-state index in [2.05, 4.69) is 74.3 Å². The van der Waals surface area contributed by atoms with Crippen LogP contribution in [0.1, 0.15) is 50.0 Å².